The van der Waals surface area contributed by atoms with Crippen LogP contribution in [0, 0.1) is 11.3 Å². The van der Waals surface area contributed by atoms with Crippen molar-refractivity contribution >= 4 is 17.5 Å². The van der Waals surface area contributed by atoms with E-state index in [0.29, 0.717) is 51.0 Å². The molecule has 2 heterocycles. The van der Waals surface area contributed by atoms with Crippen LogP contribution in [0.3, 0.4) is 0 Å². The third-order valence-corrected chi connectivity index (χ3v) is 6.34. The van der Waals surface area contributed by atoms with Crippen LogP contribution in [-0.4, -0.2) is 85.4 Å². The normalized spacial score (nSPS) is 18.7. The first-order chi connectivity index (χ1) is 14.7. The lowest BCUT2D eigenvalue weighted by atomic mass is 9.95. The van der Waals surface area contributed by atoms with Gasteiger partial charge in [-0.1, -0.05) is 0 Å². The minimum atomic E-state index is -0.494. The molecule has 2 aliphatic rings. The molecule has 1 saturated heterocycles. The van der Waals surface area contributed by atoms with Gasteiger partial charge >= 0.3 is 0 Å². The predicted octanol–water partition coefficient (Wildman–Crippen LogP) is 2.15. The van der Waals surface area contributed by atoms with Crippen molar-refractivity contribution in [3.8, 4) is 17.6 Å². The Morgan fingerprint density at radius 2 is 1.93 bits per heavy atom. The van der Waals surface area contributed by atoms with Crippen molar-refractivity contribution < 1.29 is 19.3 Å². The van der Waals surface area contributed by atoms with Crippen molar-refractivity contribution in [1.29, 1.82) is 5.26 Å². The van der Waals surface area contributed by atoms with Crippen molar-refractivity contribution in [2.24, 2.45) is 4.99 Å². The summed E-state index contributed by atoms with van der Waals surface area (Å²) in [6, 6.07) is 6.35. The number of benzene rings is 1. The fourth-order valence-electron chi connectivity index (χ4n) is 3.71. The maximum absolute atomic E-state index is 10.5. The highest BCUT2D eigenvalue weighted by Gasteiger charge is 2.26. The number of thioether (sulfide) groups is 1. The summed E-state index contributed by atoms with van der Waals surface area (Å²) in [7, 11) is 0. The third kappa shape index (κ3) is 5.88. The number of nitriles is 1. The monoisotopic (exact) mass is 433 g/mol. The summed E-state index contributed by atoms with van der Waals surface area (Å²) in [4.78, 5) is 6.88. The number of fused-ring (bicyclic) bond motifs is 1. The number of aliphatic imine (C=N–C) groups is 1. The highest BCUT2D eigenvalue weighted by molar-refractivity contribution is 8.00. The first-order valence-corrected chi connectivity index (χ1v) is 11.7. The second kappa shape index (κ2) is 11.6. The number of nitrogens with zero attached hydrogens (tertiary/aromatic N) is 3. The average molecular weight is 434 g/mol. The van der Waals surface area contributed by atoms with Gasteiger partial charge in [0.2, 0.25) is 0 Å². The van der Waals surface area contributed by atoms with Crippen molar-refractivity contribution in [2.75, 3.05) is 58.4 Å². The fraction of sp³-hybridized carbons (Fsp3) is 0.636. The quantitative estimate of drug-likeness (QED) is 0.605. The molecule has 2 atom stereocenters. The summed E-state index contributed by atoms with van der Waals surface area (Å²) in [5.74, 6) is 1.91. The van der Waals surface area contributed by atoms with Crippen molar-refractivity contribution in [3.05, 3.63) is 23.3 Å². The molecule has 0 spiro atoms. The summed E-state index contributed by atoms with van der Waals surface area (Å²) < 4.78 is 16.9. The summed E-state index contributed by atoms with van der Waals surface area (Å²) in [5, 5.41) is 19.9. The number of β-amino-alcohol motifs (C(OH)–C–C–N with tert-alkyl or cyclic N) is 1. The van der Waals surface area contributed by atoms with Gasteiger partial charge < -0.3 is 19.3 Å². The topological polar surface area (TPSA) is 87.3 Å². The molecular formula is C22H31N3O4S. The minimum Gasteiger partial charge on any atom is -0.490 e. The maximum atomic E-state index is 10.5. The van der Waals surface area contributed by atoms with Gasteiger partial charge in [-0.25, -0.2) is 0 Å². The van der Waals surface area contributed by atoms with E-state index in [2.05, 4.69) is 16.0 Å². The molecule has 0 aliphatic carbocycles. The van der Waals surface area contributed by atoms with Gasteiger partial charge in [0.25, 0.3) is 0 Å². The van der Waals surface area contributed by atoms with Crippen LogP contribution in [0.4, 0.5) is 0 Å². The zero-order chi connectivity index (χ0) is 21.3. The van der Waals surface area contributed by atoms with E-state index in [0.717, 1.165) is 42.1 Å². The van der Waals surface area contributed by atoms with E-state index in [1.165, 1.54) is 11.8 Å². The average Bonchev–Trinajstić information content (AvgIpc) is 2.76. The molecule has 0 saturated carbocycles. The van der Waals surface area contributed by atoms with E-state index in [4.69, 9.17) is 14.2 Å². The number of rotatable bonds is 10. The van der Waals surface area contributed by atoms with E-state index >= 15 is 0 Å². The van der Waals surface area contributed by atoms with E-state index in [1.54, 1.807) is 0 Å². The van der Waals surface area contributed by atoms with Gasteiger partial charge in [-0.05, 0) is 38.0 Å². The molecular weight excluding hydrogens is 402 g/mol. The van der Waals surface area contributed by atoms with Gasteiger partial charge in [-0.2, -0.15) is 5.26 Å². The van der Waals surface area contributed by atoms with Crippen LogP contribution in [0.25, 0.3) is 0 Å². The molecule has 2 unspecified atom stereocenters. The van der Waals surface area contributed by atoms with Crippen molar-refractivity contribution in [2.45, 2.75) is 31.6 Å². The first-order valence-electron chi connectivity index (χ1n) is 10.6. The first kappa shape index (κ1) is 22.9. The molecule has 8 heteroatoms. The lowest BCUT2D eigenvalue weighted by molar-refractivity contribution is 0.0188. The van der Waals surface area contributed by atoms with Gasteiger partial charge in [-0.15, -0.1) is 11.8 Å². The highest BCUT2D eigenvalue weighted by atomic mass is 32.2. The molecule has 1 aromatic rings. The smallest absolute Gasteiger partial charge is 0.161 e. The molecule has 30 heavy (non-hydrogen) atoms. The van der Waals surface area contributed by atoms with Crippen molar-refractivity contribution in [3.63, 3.8) is 0 Å². The van der Waals surface area contributed by atoms with Crippen LogP contribution < -0.4 is 9.47 Å². The minimum absolute atomic E-state index is 0.434. The Morgan fingerprint density at radius 3 is 2.60 bits per heavy atom. The van der Waals surface area contributed by atoms with Crippen LogP contribution in [0.5, 0.6) is 11.5 Å². The molecule has 7 nitrogen and oxygen atoms in total. The van der Waals surface area contributed by atoms with Gasteiger partial charge in [0, 0.05) is 37.5 Å². The molecule has 0 amide bonds. The third-order valence-electron chi connectivity index (χ3n) is 5.10. The zero-order valence-corrected chi connectivity index (χ0v) is 18.6. The summed E-state index contributed by atoms with van der Waals surface area (Å²) in [6.45, 7) is 9.34. The molecule has 1 aromatic carbocycles. The Kier molecular flexibility index (Phi) is 8.82. The van der Waals surface area contributed by atoms with Gasteiger partial charge in [0.1, 0.15) is 5.25 Å². The number of morpholine rings is 1. The highest BCUT2D eigenvalue weighted by Crippen LogP contribution is 2.35. The van der Waals surface area contributed by atoms with Crippen LogP contribution in [0.2, 0.25) is 0 Å². The second-order valence-corrected chi connectivity index (χ2v) is 8.39. The number of ether oxygens (including phenoxy) is 3. The molecule has 2 aliphatic heterocycles. The Morgan fingerprint density at radius 1 is 1.23 bits per heavy atom. The van der Waals surface area contributed by atoms with Gasteiger partial charge in [0.15, 0.2) is 11.5 Å². The van der Waals surface area contributed by atoms with Gasteiger partial charge in [-0.3, -0.25) is 9.89 Å². The van der Waals surface area contributed by atoms with Crippen molar-refractivity contribution in [1.82, 2.24) is 4.90 Å². The van der Waals surface area contributed by atoms with Crippen LogP contribution in [0.15, 0.2) is 17.1 Å². The molecule has 0 aromatic heterocycles. The Bertz CT molecular complexity index is 774. The van der Waals surface area contributed by atoms with Crippen LogP contribution >= 0.6 is 11.8 Å². The van der Waals surface area contributed by atoms with E-state index in [1.807, 2.05) is 26.0 Å². The molecule has 0 radical (unpaired) electrons. The summed E-state index contributed by atoms with van der Waals surface area (Å²) in [6.07, 6.45) is 0.320. The molecule has 3 rings (SSSR count). The Labute approximate surface area is 183 Å². The number of hydrogen-bond donors (Lipinski definition) is 1. The van der Waals surface area contributed by atoms with E-state index in [-0.39, 0.29) is 0 Å². The fourth-order valence-corrected chi connectivity index (χ4v) is 4.66. The SMILES string of the molecule is CCOc1cc2c(cc1OCC)C(C(C#N)SCC(O)CN1CCOCC1)=NCC2. The molecule has 1 fully saturated rings. The molecule has 164 valence electrons. The lowest BCUT2D eigenvalue weighted by Gasteiger charge is -2.28. The van der Waals surface area contributed by atoms with E-state index in [9.17, 15) is 10.4 Å². The largest absolute Gasteiger partial charge is 0.490 e. The predicted molar refractivity (Wildman–Crippen MR) is 119 cm³/mol. The standard InChI is InChI=1S/C22H31N3O4S/c1-3-28-19-11-16-5-6-24-22(18(16)12-20(19)29-4-2)21(13-23)30-15-17(26)14-25-7-9-27-10-8-25/h11-12,17,21,26H,3-10,14-15H2,1-2H3. The van der Waals surface area contributed by atoms with Crippen LogP contribution in [0.1, 0.15) is 25.0 Å². The molecule has 1 N–H and O–H groups in total. The number of aliphatic hydroxyl groups is 1. The zero-order valence-electron chi connectivity index (χ0n) is 17.8. The second-order valence-electron chi connectivity index (χ2n) is 7.25. The maximum Gasteiger partial charge on any atom is 0.161 e. The Balaban J connectivity index is 1.70. The Hall–Kier alpha value is -1.79. The van der Waals surface area contributed by atoms with Gasteiger partial charge in [0.05, 0.1) is 44.3 Å². The molecule has 0 bridgehead atoms. The lowest BCUT2D eigenvalue weighted by Crippen LogP contribution is -2.41. The summed E-state index contributed by atoms with van der Waals surface area (Å²) >= 11 is 1.45. The summed E-state index contributed by atoms with van der Waals surface area (Å²) in [5.41, 5.74) is 2.85. The number of hydrogen-bond acceptors (Lipinski definition) is 8. The van der Waals surface area contributed by atoms with Crippen LogP contribution in [-0.2, 0) is 11.2 Å². The van der Waals surface area contributed by atoms with E-state index < -0.39 is 11.4 Å². The number of aliphatic hydroxyl groups excluding tert-OH is 1.